The molecular formula is C17H17N3O2. The van der Waals surface area contributed by atoms with Crippen LogP contribution in [0.1, 0.15) is 5.69 Å². The van der Waals surface area contributed by atoms with E-state index in [4.69, 9.17) is 14.5 Å². The molecular weight excluding hydrogens is 278 g/mol. The van der Waals surface area contributed by atoms with Crippen molar-refractivity contribution in [1.82, 2.24) is 14.3 Å². The highest BCUT2D eigenvalue weighted by Gasteiger charge is 2.18. The highest BCUT2D eigenvalue weighted by Crippen LogP contribution is 2.36. The summed E-state index contributed by atoms with van der Waals surface area (Å²) in [5.41, 5.74) is 4.15. The smallest absolute Gasteiger partial charge is 0.231 e. The second-order valence-corrected chi connectivity index (χ2v) is 5.64. The molecule has 5 heteroatoms. The van der Waals surface area contributed by atoms with Crippen molar-refractivity contribution in [3.8, 4) is 22.8 Å². The quantitative estimate of drug-likeness (QED) is 0.745. The molecule has 0 atom stereocenters. The molecule has 0 spiro atoms. The Kier molecular flexibility index (Phi) is 3.01. The monoisotopic (exact) mass is 295 g/mol. The third kappa shape index (κ3) is 2.10. The molecule has 4 rings (SSSR count). The van der Waals surface area contributed by atoms with E-state index < -0.39 is 0 Å². The summed E-state index contributed by atoms with van der Waals surface area (Å²) in [6.45, 7) is 1.10. The van der Waals surface area contributed by atoms with Crippen molar-refractivity contribution in [2.45, 2.75) is 6.54 Å². The topological polar surface area (TPSA) is 39.0 Å². The first-order valence-electron chi connectivity index (χ1n) is 7.23. The zero-order chi connectivity index (χ0) is 15.1. The number of pyridine rings is 1. The number of ether oxygens (including phenoxy) is 2. The maximum atomic E-state index is 5.49. The number of nitrogens with zero attached hydrogens (tertiary/aromatic N) is 3. The van der Waals surface area contributed by atoms with Crippen LogP contribution in [0.2, 0.25) is 0 Å². The number of benzene rings is 1. The largest absolute Gasteiger partial charge is 0.454 e. The number of hydrogen-bond donors (Lipinski definition) is 0. The van der Waals surface area contributed by atoms with E-state index in [1.165, 1.54) is 5.69 Å². The van der Waals surface area contributed by atoms with Crippen LogP contribution >= 0.6 is 0 Å². The maximum Gasteiger partial charge on any atom is 0.231 e. The second-order valence-electron chi connectivity index (χ2n) is 5.64. The van der Waals surface area contributed by atoms with Gasteiger partial charge in [0.1, 0.15) is 5.65 Å². The fourth-order valence-corrected chi connectivity index (χ4v) is 2.77. The minimum absolute atomic E-state index is 0.286. The highest BCUT2D eigenvalue weighted by molar-refractivity contribution is 5.69. The molecule has 0 fully saturated rings. The summed E-state index contributed by atoms with van der Waals surface area (Å²) in [5.74, 6) is 1.58. The van der Waals surface area contributed by atoms with Crippen molar-refractivity contribution < 1.29 is 9.47 Å². The van der Waals surface area contributed by atoms with Gasteiger partial charge in [-0.3, -0.25) is 0 Å². The molecule has 1 aromatic carbocycles. The zero-order valence-corrected chi connectivity index (χ0v) is 12.6. The summed E-state index contributed by atoms with van der Waals surface area (Å²) in [6, 6.07) is 12.0. The van der Waals surface area contributed by atoms with Gasteiger partial charge < -0.3 is 18.8 Å². The van der Waals surface area contributed by atoms with Gasteiger partial charge in [-0.25, -0.2) is 4.98 Å². The standard InChI is InChI=1S/C17H17N3O2/c1-19(2)10-13-17(18-16-5-3-4-8-20(13)16)12-6-7-14-15(9-12)22-11-21-14/h3-9H,10-11H2,1-2H3. The van der Waals surface area contributed by atoms with Crippen LogP contribution in [0.3, 0.4) is 0 Å². The van der Waals surface area contributed by atoms with E-state index in [1.807, 2.05) is 36.4 Å². The van der Waals surface area contributed by atoms with Gasteiger partial charge in [0.15, 0.2) is 11.5 Å². The first kappa shape index (κ1) is 13.2. The fourth-order valence-electron chi connectivity index (χ4n) is 2.77. The van der Waals surface area contributed by atoms with Crippen LogP contribution in [0.25, 0.3) is 16.9 Å². The predicted octanol–water partition coefficient (Wildman–Crippen LogP) is 2.79. The molecule has 22 heavy (non-hydrogen) atoms. The van der Waals surface area contributed by atoms with Gasteiger partial charge in [0.05, 0.1) is 11.4 Å². The van der Waals surface area contributed by atoms with Crippen LogP contribution in [0.4, 0.5) is 0 Å². The van der Waals surface area contributed by atoms with Crippen molar-refractivity contribution in [3.05, 3.63) is 48.3 Å². The Hall–Kier alpha value is -2.53. The number of hydrogen-bond acceptors (Lipinski definition) is 4. The first-order valence-corrected chi connectivity index (χ1v) is 7.23. The number of fused-ring (bicyclic) bond motifs is 2. The van der Waals surface area contributed by atoms with E-state index in [2.05, 4.69) is 29.6 Å². The molecule has 3 aromatic rings. The van der Waals surface area contributed by atoms with E-state index in [9.17, 15) is 0 Å². The summed E-state index contributed by atoms with van der Waals surface area (Å²) in [5, 5.41) is 0. The number of aromatic nitrogens is 2. The molecule has 0 bridgehead atoms. The van der Waals surface area contributed by atoms with Crippen molar-refractivity contribution >= 4 is 5.65 Å². The Morgan fingerprint density at radius 1 is 1.14 bits per heavy atom. The zero-order valence-electron chi connectivity index (χ0n) is 12.6. The third-order valence-electron chi connectivity index (χ3n) is 3.74. The minimum atomic E-state index is 0.286. The van der Waals surface area contributed by atoms with Crippen molar-refractivity contribution in [1.29, 1.82) is 0 Å². The van der Waals surface area contributed by atoms with Crippen molar-refractivity contribution in [2.75, 3.05) is 20.9 Å². The Bertz CT molecular complexity index is 839. The Morgan fingerprint density at radius 3 is 2.86 bits per heavy atom. The Labute approximate surface area is 128 Å². The van der Waals surface area contributed by atoms with Gasteiger partial charge in [0.25, 0.3) is 0 Å². The van der Waals surface area contributed by atoms with E-state index in [-0.39, 0.29) is 6.79 Å². The van der Waals surface area contributed by atoms with Gasteiger partial charge in [-0.05, 0) is 44.4 Å². The summed E-state index contributed by atoms with van der Waals surface area (Å²) in [6.07, 6.45) is 2.05. The average Bonchev–Trinajstić information content (AvgIpc) is 3.11. The van der Waals surface area contributed by atoms with Crippen LogP contribution in [-0.2, 0) is 6.54 Å². The van der Waals surface area contributed by atoms with Gasteiger partial charge in [0.2, 0.25) is 6.79 Å². The lowest BCUT2D eigenvalue weighted by molar-refractivity contribution is 0.174. The Balaban J connectivity index is 1.90. The molecule has 0 saturated carbocycles. The molecule has 5 nitrogen and oxygen atoms in total. The lowest BCUT2D eigenvalue weighted by atomic mass is 10.1. The molecule has 3 heterocycles. The van der Waals surface area contributed by atoms with Gasteiger partial charge in [-0.2, -0.15) is 0 Å². The van der Waals surface area contributed by atoms with Crippen molar-refractivity contribution in [2.24, 2.45) is 0 Å². The van der Waals surface area contributed by atoms with Crippen LogP contribution < -0.4 is 9.47 Å². The molecule has 0 radical (unpaired) electrons. The summed E-state index contributed by atoms with van der Waals surface area (Å²) < 4.78 is 13.0. The SMILES string of the molecule is CN(C)Cc1c(-c2ccc3c(c2)OCO3)nc2ccccn12. The Morgan fingerprint density at radius 2 is 2.00 bits per heavy atom. The maximum absolute atomic E-state index is 5.49. The number of rotatable bonds is 3. The summed E-state index contributed by atoms with van der Waals surface area (Å²) in [7, 11) is 4.12. The molecule has 0 amide bonds. The molecule has 112 valence electrons. The van der Waals surface area contributed by atoms with Crippen LogP contribution in [0, 0.1) is 0 Å². The average molecular weight is 295 g/mol. The predicted molar refractivity (Wildman–Crippen MR) is 84.1 cm³/mol. The van der Waals surface area contributed by atoms with Gasteiger partial charge >= 0.3 is 0 Å². The van der Waals surface area contributed by atoms with E-state index >= 15 is 0 Å². The third-order valence-corrected chi connectivity index (χ3v) is 3.74. The summed E-state index contributed by atoms with van der Waals surface area (Å²) in [4.78, 5) is 6.95. The lowest BCUT2D eigenvalue weighted by Gasteiger charge is -2.11. The fraction of sp³-hybridized carbons (Fsp3) is 0.235. The molecule has 1 aliphatic rings. The molecule has 1 aliphatic heterocycles. The summed E-state index contributed by atoms with van der Waals surface area (Å²) >= 11 is 0. The second kappa shape index (κ2) is 5.03. The van der Waals surface area contributed by atoms with Crippen LogP contribution in [-0.4, -0.2) is 35.2 Å². The highest BCUT2D eigenvalue weighted by atomic mass is 16.7. The van der Waals surface area contributed by atoms with E-state index in [0.29, 0.717) is 0 Å². The van der Waals surface area contributed by atoms with Gasteiger partial charge in [-0.15, -0.1) is 0 Å². The van der Waals surface area contributed by atoms with E-state index in [0.717, 1.165) is 34.9 Å². The molecule has 0 saturated heterocycles. The molecule has 0 N–H and O–H groups in total. The van der Waals surface area contributed by atoms with Gasteiger partial charge in [-0.1, -0.05) is 6.07 Å². The molecule has 0 aliphatic carbocycles. The molecule has 2 aromatic heterocycles. The van der Waals surface area contributed by atoms with Crippen molar-refractivity contribution in [3.63, 3.8) is 0 Å². The lowest BCUT2D eigenvalue weighted by Crippen LogP contribution is -2.13. The first-order chi connectivity index (χ1) is 10.7. The van der Waals surface area contributed by atoms with Crippen LogP contribution in [0.15, 0.2) is 42.6 Å². The minimum Gasteiger partial charge on any atom is -0.454 e. The molecule has 0 unspecified atom stereocenters. The van der Waals surface area contributed by atoms with E-state index in [1.54, 1.807) is 0 Å². The van der Waals surface area contributed by atoms with Gasteiger partial charge in [0, 0.05) is 18.3 Å². The number of imidazole rings is 1. The normalized spacial score (nSPS) is 13.2. The van der Waals surface area contributed by atoms with Crippen LogP contribution in [0.5, 0.6) is 11.5 Å².